The molecule has 4 heteroatoms. The van der Waals surface area contributed by atoms with E-state index in [4.69, 9.17) is 0 Å². The molecule has 0 atom stereocenters. The number of aromatic nitrogens is 2. The van der Waals surface area contributed by atoms with Crippen molar-refractivity contribution in [3.63, 3.8) is 0 Å². The fourth-order valence-corrected chi connectivity index (χ4v) is 2.08. The largest absolute Gasteiger partial charge is 0.385 e. The SMILES string of the molecule is Cc1csc(CCNc2ccncc2)n1. The van der Waals surface area contributed by atoms with E-state index in [9.17, 15) is 0 Å². The Morgan fingerprint density at radius 2 is 2.13 bits per heavy atom. The van der Waals surface area contributed by atoms with Crippen LogP contribution in [-0.4, -0.2) is 16.5 Å². The molecule has 78 valence electrons. The summed E-state index contributed by atoms with van der Waals surface area (Å²) in [5, 5.41) is 6.60. The number of thiazole rings is 1. The molecule has 0 aliphatic carbocycles. The summed E-state index contributed by atoms with van der Waals surface area (Å²) >= 11 is 1.72. The van der Waals surface area contributed by atoms with Gasteiger partial charge in [0.15, 0.2) is 0 Å². The predicted molar refractivity (Wildman–Crippen MR) is 63.3 cm³/mol. The lowest BCUT2D eigenvalue weighted by molar-refractivity contribution is 0.986. The minimum Gasteiger partial charge on any atom is -0.385 e. The fourth-order valence-electron chi connectivity index (χ4n) is 1.30. The summed E-state index contributed by atoms with van der Waals surface area (Å²) in [6, 6.07) is 3.93. The van der Waals surface area contributed by atoms with Gasteiger partial charge in [-0.15, -0.1) is 11.3 Å². The van der Waals surface area contributed by atoms with Crippen LogP contribution < -0.4 is 5.32 Å². The van der Waals surface area contributed by atoms with Crippen molar-refractivity contribution in [3.8, 4) is 0 Å². The molecule has 2 aromatic heterocycles. The molecule has 0 aromatic carbocycles. The Hall–Kier alpha value is -1.42. The maximum atomic E-state index is 4.41. The van der Waals surface area contributed by atoms with Gasteiger partial charge in [-0.3, -0.25) is 4.98 Å². The second-order valence-electron chi connectivity index (χ2n) is 3.30. The van der Waals surface area contributed by atoms with Crippen LogP contribution in [0.5, 0.6) is 0 Å². The summed E-state index contributed by atoms with van der Waals surface area (Å²) in [6.07, 6.45) is 4.55. The summed E-state index contributed by atoms with van der Waals surface area (Å²) in [5.41, 5.74) is 2.22. The maximum absolute atomic E-state index is 4.41. The molecular formula is C11H13N3S. The van der Waals surface area contributed by atoms with Crippen LogP contribution in [0.15, 0.2) is 29.9 Å². The molecule has 0 unspecified atom stereocenters. The highest BCUT2D eigenvalue weighted by Gasteiger charge is 1.97. The molecule has 2 heterocycles. The molecular weight excluding hydrogens is 206 g/mol. The third kappa shape index (κ3) is 3.02. The van der Waals surface area contributed by atoms with Crippen molar-refractivity contribution in [2.45, 2.75) is 13.3 Å². The van der Waals surface area contributed by atoms with E-state index in [1.807, 2.05) is 19.1 Å². The highest BCUT2D eigenvalue weighted by Crippen LogP contribution is 2.10. The topological polar surface area (TPSA) is 37.8 Å². The van der Waals surface area contributed by atoms with Crippen LogP contribution in [0.3, 0.4) is 0 Å². The highest BCUT2D eigenvalue weighted by atomic mass is 32.1. The van der Waals surface area contributed by atoms with E-state index < -0.39 is 0 Å². The van der Waals surface area contributed by atoms with Gasteiger partial charge in [0.2, 0.25) is 0 Å². The highest BCUT2D eigenvalue weighted by molar-refractivity contribution is 7.09. The molecule has 2 rings (SSSR count). The second kappa shape index (κ2) is 4.89. The van der Waals surface area contributed by atoms with Crippen LogP contribution in [0, 0.1) is 6.92 Å². The summed E-state index contributed by atoms with van der Waals surface area (Å²) in [7, 11) is 0. The summed E-state index contributed by atoms with van der Waals surface area (Å²) in [5.74, 6) is 0. The summed E-state index contributed by atoms with van der Waals surface area (Å²) < 4.78 is 0. The van der Waals surface area contributed by atoms with Gasteiger partial charge in [0, 0.05) is 42.1 Å². The number of nitrogens with zero attached hydrogens (tertiary/aromatic N) is 2. The first-order chi connectivity index (χ1) is 7.34. The lowest BCUT2D eigenvalue weighted by Crippen LogP contribution is -2.04. The first-order valence-electron chi connectivity index (χ1n) is 4.89. The number of hydrogen-bond acceptors (Lipinski definition) is 4. The third-order valence-electron chi connectivity index (χ3n) is 2.01. The molecule has 3 nitrogen and oxygen atoms in total. The molecule has 15 heavy (non-hydrogen) atoms. The Bertz CT molecular complexity index is 411. The van der Waals surface area contributed by atoms with Crippen molar-refractivity contribution in [1.82, 2.24) is 9.97 Å². The Morgan fingerprint density at radius 1 is 1.33 bits per heavy atom. The van der Waals surface area contributed by atoms with Gasteiger partial charge in [0.1, 0.15) is 0 Å². The van der Waals surface area contributed by atoms with Gasteiger partial charge in [0.05, 0.1) is 5.01 Å². The Labute approximate surface area is 93.2 Å². The van der Waals surface area contributed by atoms with Gasteiger partial charge in [-0.2, -0.15) is 0 Å². The van der Waals surface area contributed by atoms with Gasteiger partial charge in [-0.25, -0.2) is 4.98 Å². The van der Waals surface area contributed by atoms with Crippen LogP contribution in [0.1, 0.15) is 10.7 Å². The number of nitrogens with one attached hydrogen (secondary N) is 1. The van der Waals surface area contributed by atoms with E-state index >= 15 is 0 Å². The molecule has 0 aliphatic heterocycles. The minimum absolute atomic E-state index is 0.914. The van der Waals surface area contributed by atoms with Crippen molar-refractivity contribution >= 4 is 17.0 Å². The molecule has 0 fully saturated rings. The average molecular weight is 219 g/mol. The fraction of sp³-hybridized carbons (Fsp3) is 0.273. The molecule has 2 aromatic rings. The first-order valence-corrected chi connectivity index (χ1v) is 5.77. The molecule has 0 aliphatic rings. The average Bonchev–Trinajstić information content (AvgIpc) is 2.66. The van der Waals surface area contributed by atoms with Crippen LogP contribution in [0.4, 0.5) is 5.69 Å². The van der Waals surface area contributed by atoms with Crippen LogP contribution in [-0.2, 0) is 6.42 Å². The molecule has 0 bridgehead atoms. The van der Waals surface area contributed by atoms with E-state index in [1.54, 1.807) is 23.7 Å². The van der Waals surface area contributed by atoms with E-state index in [1.165, 1.54) is 5.01 Å². The lowest BCUT2D eigenvalue weighted by atomic mass is 10.3. The molecule has 1 N–H and O–H groups in total. The van der Waals surface area contributed by atoms with Crippen molar-refractivity contribution < 1.29 is 0 Å². The molecule has 0 amide bonds. The first kappa shape index (κ1) is 10.1. The van der Waals surface area contributed by atoms with E-state index in [2.05, 4.69) is 20.7 Å². The van der Waals surface area contributed by atoms with Crippen molar-refractivity contribution in [3.05, 3.63) is 40.6 Å². The Morgan fingerprint density at radius 3 is 2.80 bits per heavy atom. The van der Waals surface area contributed by atoms with Gasteiger partial charge < -0.3 is 5.32 Å². The Balaban J connectivity index is 1.80. The smallest absolute Gasteiger partial charge is 0.0945 e. The number of rotatable bonds is 4. The Kier molecular flexibility index (Phi) is 3.29. The van der Waals surface area contributed by atoms with Gasteiger partial charge >= 0.3 is 0 Å². The number of aryl methyl sites for hydroxylation is 1. The quantitative estimate of drug-likeness (QED) is 0.858. The number of hydrogen-bond donors (Lipinski definition) is 1. The monoisotopic (exact) mass is 219 g/mol. The van der Waals surface area contributed by atoms with E-state index in [0.29, 0.717) is 0 Å². The molecule has 0 saturated heterocycles. The number of pyridine rings is 1. The maximum Gasteiger partial charge on any atom is 0.0945 e. The zero-order valence-electron chi connectivity index (χ0n) is 8.60. The minimum atomic E-state index is 0.914. The summed E-state index contributed by atoms with van der Waals surface area (Å²) in [6.45, 7) is 2.94. The predicted octanol–water partition coefficient (Wildman–Crippen LogP) is 2.50. The van der Waals surface area contributed by atoms with Crippen LogP contribution in [0.25, 0.3) is 0 Å². The second-order valence-corrected chi connectivity index (χ2v) is 4.24. The van der Waals surface area contributed by atoms with Crippen molar-refractivity contribution in [2.75, 3.05) is 11.9 Å². The standard InChI is InChI=1S/C11H13N3S/c1-9-8-15-11(14-9)4-7-13-10-2-5-12-6-3-10/h2-3,5-6,8H,4,7H2,1H3,(H,12,13). The van der Waals surface area contributed by atoms with Gasteiger partial charge in [-0.1, -0.05) is 0 Å². The number of anilines is 1. The van der Waals surface area contributed by atoms with Crippen LogP contribution in [0.2, 0.25) is 0 Å². The van der Waals surface area contributed by atoms with Crippen molar-refractivity contribution in [2.24, 2.45) is 0 Å². The third-order valence-corrected chi connectivity index (χ3v) is 3.04. The zero-order valence-corrected chi connectivity index (χ0v) is 9.42. The van der Waals surface area contributed by atoms with E-state index in [-0.39, 0.29) is 0 Å². The van der Waals surface area contributed by atoms with E-state index in [0.717, 1.165) is 24.3 Å². The van der Waals surface area contributed by atoms with Crippen LogP contribution >= 0.6 is 11.3 Å². The normalized spacial score (nSPS) is 10.2. The van der Waals surface area contributed by atoms with Crippen molar-refractivity contribution in [1.29, 1.82) is 0 Å². The summed E-state index contributed by atoms with van der Waals surface area (Å²) in [4.78, 5) is 8.37. The molecule has 0 spiro atoms. The lowest BCUT2D eigenvalue weighted by Gasteiger charge is -2.03. The molecule has 0 radical (unpaired) electrons. The molecule has 0 saturated carbocycles. The van der Waals surface area contributed by atoms with Gasteiger partial charge in [0.25, 0.3) is 0 Å². The zero-order chi connectivity index (χ0) is 10.5. The van der Waals surface area contributed by atoms with Gasteiger partial charge in [-0.05, 0) is 19.1 Å².